The maximum absolute atomic E-state index is 13.7. The Kier molecular flexibility index (Phi) is 6.98. The van der Waals surface area contributed by atoms with Crippen molar-refractivity contribution < 1.29 is 9.90 Å². The van der Waals surface area contributed by atoms with E-state index in [0.717, 1.165) is 53.8 Å². The molecule has 192 valence electrons. The van der Waals surface area contributed by atoms with E-state index in [4.69, 9.17) is 0 Å². The molecule has 10 heteroatoms. The highest BCUT2D eigenvalue weighted by atomic mass is 16.4. The third kappa shape index (κ3) is 4.96. The Balaban J connectivity index is 1.48. The number of hydrogen-bond acceptors (Lipinski definition) is 6. The molecule has 0 amide bonds. The maximum Gasteiger partial charge on any atom is 0.328 e. The first-order valence-electron chi connectivity index (χ1n) is 12.8. The first-order chi connectivity index (χ1) is 18.0. The molecule has 2 N–H and O–H groups in total. The fourth-order valence-electron chi connectivity index (χ4n) is 5.43. The number of nitrogens with one attached hydrogen (secondary N) is 1. The lowest BCUT2D eigenvalue weighted by Crippen LogP contribution is -2.34. The Labute approximate surface area is 214 Å². The van der Waals surface area contributed by atoms with Crippen molar-refractivity contribution in [1.82, 2.24) is 34.7 Å². The predicted octanol–water partition coefficient (Wildman–Crippen LogP) is 3.95. The summed E-state index contributed by atoms with van der Waals surface area (Å²) < 4.78 is 3.45. The zero-order chi connectivity index (χ0) is 25.9. The molecule has 1 aliphatic carbocycles. The van der Waals surface area contributed by atoms with Gasteiger partial charge in [0, 0.05) is 23.7 Å². The van der Waals surface area contributed by atoms with Crippen LogP contribution in [0.2, 0.25) is 0 Å². The Morgan fingerprint density at radius 1 is 1.16 bits per heavy atom. The summed E-state index contributed by atoms with van der Waals surface area (Å²) >= 11 is 0. The van der Waals surface area contributed by atoms with Crippen LogP contribution in [-0.4, -0.2) is 45.8 Å². The molecule has 0 radical (unpaired) electrons. The van der Waals surface area contributed by atoms with E-state index in [1.54, 1.807) is 15.3 Å². The maximum atomic E-state index is 13.7. The monoisotopic (exact) mass is 501 g/mol. The Bertz CT molecular complexity index is 1440. The lowest BCUT2D eigenvalue weighted by Gasteiger charge is -2.20. The number of unbranched alkanes of at least 4 members (excludes halogenated alkanes) is 1. The Hall–Kier alpha value is -4.08. The number of carboxylic acid groups (broad SMARTS) is 1. The molecule has 4 aromatic rings. The second-order valence-corrected chi connectivity index (χ2v) is 9.84. The number of benzene rings is 1. The zero-order valence-corrected chi connectivity index (χ0v) is 21.0. The number of aromatic amines is 1. The molecule has 3 atom stereocenters. The minimum absolute atomic E-state index is 0.126. The van der Waals surface area contributed by atoms with Crippen LogP contribution in [0, 0.1) is 11.8 Å². The number of carbonyl (C=O) groups is 1. The minimum atomic E-state index is -0.832. The summed E-state index contributed by atoms with van der Waals surface area (Å²) in [5.74, 6) is -0.732. The number of aliphatic carboxylic acids is 1. The number of aryl methyl sites for hydroxylation is 1. The van der Waals surface area contributed by atoms with E-state index in [-0.39, 0.29) is 17.6 Å². The van der Waals surface area contributed by atoms with Gasteiger partial charge >= 0.3 is 11.7 Å². The van der Waals surface area contributed by atoms with Crippen LogP contribution in [-0.2, 0) is 17.8 Å². The second-order valence-electron chi connectivity index (χ2n) is 9.84. The second kappa shape index (κ2) is 10.5. The highest BCUT2D eigenvalue weighted by Crippen LogP contribution is 2.40. The molecule has 0 bridgehead atoms. The first kappa shape index (κ1) is 24.6. The number of rotatable bonds is 9. The molecule has 1 fully saturated rings. The third-order valence-corrected chi connectivity index (χ3v) is 7.38. The molecule has 1 aromatic carbocycles. The van der Waals surface area contributed by atoms with Gasteiger partial charge in [0.25, 0.3) is 0 Å². The molecule has 5 rings (SSSR count). The number of tetrazole rings is 1. The van der Waals surface area contributed by atoms with Gasteiger partial charge in [-0.2, -0.15) is 5.21 Å². The number of hydrogen-bond donors (Lipinski definition) is 2. The highest BCUT2D eigenvalue weighted by molar-refractivity contribution is 5.71. The van der Waals surface area contributed by atoms with Gasteiger partial charge in [-0.25, -0.2) is 4.79 Å². The molecule has 10 nitrogen and oxygen atoms in total. The van der Waals surface area contributed by atoms with Crippen molar-refractivity contribution in [3.8, 4) is 22.5 Å². The van der Waals surface area contributed by atoms with Crippen molar-refractivity contribution in [3.05, 3.63) is 70.7 Å². The predicted molar refractivity (Wildman–Crippen MR) is 138 cm³/mol. The molecule has 3 heterocycles. The van der Waals surface area contributed by atoms with Crippen LogP contribution in [0.4, 0.5) is 0 Å². The number of imidazole rings is 1. The lowest BCUT2D eigenvalue weighted by molar-refractivity contribution is -0.142. The van der Waals surface area contributed by atoms with Crippen LogP contribution in [0.15, 0.2) is 53.6 Å². The van der Waals surface area contributed by atoms with E-state index in [2.05, 4.69) is 32.5 Å². The summed E-state index contributed by atoms with van der Waals surface area (Å²) in [5, 5.41) is 24.0. The van der Waals surface area contributed by atoms with E-state index in [9.17, 15) is 14.7 Å². The summed E-state index contributed by atoms with van der Waals surface area (Å²) in [6.45, 7) is 4.48. The van der Waals surface area contributed by atoms with Gasteiger partial charge in [-0.05, 0) is 66.1 Å². The van der Waals surface area contributed by atoms with E-state index in [1.165, 1.54) is 0 Å². The Morgan fingerprint density at radius 3 is 2.73 bits per heavy atom. The van der Waals surface area contributed by atoms with Crippen LogP contribution < -0.4 is 5.69 Å². The van der Waals surface area contributed by atoms with Crippen molar-refractivity contribution in [2.24, 2.45) is 11.8 Å². The van der Waals surface area contributed by atoms with Gasteiger partial charge in [0.15, 0.2) is 0 Å². The number of carboxylic acids is 1. The summed E-state index contributed by atoms with van der Waals surface area (Å²) in [4.78, 5) is 30.2. The van der Waals surface area contributed by atoms with Crippen molar-refractivity contribution in [2.45, 2.75) is 58.5 Å². The molecule has 0 aliphatic heterocycles. The van der Waals surface area contributed by atoms with Crippen molar-refractivity contribution >= 4 is 5.97 Å². The summed E-state index contributed by atoms with van der Waals surface area (Å²) in [7, 11) is 0. The van der Waals surface area contributed by atoms with E-state index >= 15 is 0 Å². The third-order valence-electron chi connectivity index (χ3n) is 7.38. The van der Waals surface area contributed by atoms with Gasteiger partial charge in [-0.1, -0.05) is 38.5 Å². The summed E-state index contributed by atoms with van der Waals surface area (Å²) in [6.07, 6.45) is 7.73. The summed E-state index contributed by atoms with van der Waals surface area (Å²) in [5.41, 5.74) is 4.30. The van der Waals surface area contributed by atoms with E-state index in [0.29, 0.717) is 18.8 Å². The fourth-order valence-corrected chi connectivity index (χ4v) is 5.43. The topological polar surface area (TPSA) is 132 Å². The number of nitrogens with zero attached hydrogens (tertiary/aromatic N) is 6. The molecule has 0 spiro atoms. The van der Waals surface area contributed by atoms with Crippen LogP contribution in [0.25, 0.3) is 22.5 Å². The quantitative estimate of drug-likeness (QED) is 0.355. The minimum Gasteiger partial charge on any atom is -0.481 e. The Morgan fingerprint density at radius 2 is 1.97 bits per heavy atom. The summed E-state index contributed by atoms with van der Waals surface area (Å²) in [6, 6.07) is 11.4. The van der Waals surface area contributed by atoms with E-state index in [1.807, 2.05) is 49.5 Å². The lowest BCUT2D eigenvalue weighted by atomic mass is 9.99. The van der Waals surface area contributed by atoms with Gasteiger partial charge < -0.3 is 5.11 Å². The average molecular weight is 502 g/mol. The molecule has 1 saturated carbocycles. The molecule has 3 aromatic heterocycles. The van der Waals surface area contributed by atoms with Crippen LogP contribution in [0.3, 0.4) is 0 Å². The normalized spacial score (nSPS) is 19.4. The average Bonchev–Trinajstić information content (AvgIpc) is 3.64. The number of aromatic nitrogens is 7. The van der Waals surface area contributed by atoms with Gasteiger partial charge in [0.2, 0.25) is 5.82 Å². The van der Waals surface area contributed by atoms with Crippen molar-refractivity contribution in [2.75, 3.05) is 0 Å². The molecule has 0 saturated heterocycles. The van der Waals surface area contributed by atoms with Gasteiger partial charge in [0.05, 0.1) is 24.2 Å². The standard InChI is InChI=1S/C27H31N7O3/c1-3-4-8-22-16-34(24-17(2)9-10-23(24)26(35)36)27(37)33(22)15-21-14-19(11-12-28-21)18-6-5-7-20(13-18)25-29-31-32-30-25/h5-7,11-14,16-17,23-24H,3-4,8-10,15H2,1-2H3,(H,35,36)(H,29,30,31,32). The van der Waals surface area contributed by atoms with Gasteiger partial charge in [0.1, 0.15) is 0 Å². The zero-order valence-electron chi connectivity index (χ0n) is 21.0. The fraction of sp³-hybridized carbons (Fsp3) is 0.407. The largest absolute Gasteiger partial charge is 0.481 e. The van der Waals surface area contributed by atoms with Crippen molar-refractivity contribution in [3.63, 3.8) is 0 Å². The highest BCUT2D eigenvalue weighted by Gasteiger charge is 2.40. The van der Waals surface area contributed by atoms with Crippen molar-refractivity contribution in [1.29, 1.82) is 0 Å². The molecule has 3 unspecified atom stereocenters. The van der Waals surface area contributed by atoms with Gasteiger partial charge in [-0.3, -0.25) is 18.9 Å². The molecule has 37 heavy (non-hydrogen) atoms. The number of H-pyrrole nitrogens is 1. The molecule has 1 aliphatic rings. The number of pyridine rings is 1. The SMILES string of the molecule is CCCCc1cn(C2C(C)CCC2C(=O)O)c(=O)n1Cc1cc(-c2cccc(-c3nn[nH]n3)c2)ccn1. The van der Waals surface area contributed by atoms with E-state index < -0.39 is 11.9 Å². The molecular formula is C27H31N7O3. The van der Waals surface area contributed by atoms with Crippen LogP contribution in [0.1, 0.15) is 57.0 Å². The first-order valence-corrected chi connectivity index (χ1v) is 12.8. The molecular weight excluding hydrogens is 470 g/mol. The smallest absolute Gasteiger partial charge is 0.328 e. The van der Waals surface area contributed by atoms with Gasteiger partial charge in [-0.15, -0.1) is 10.2 Å². The van der Waals surface area contributed by atoms with Crippen LogP contribution in [0.5, 0.6) is 0 Å². The van der Waals surface area contributed by atoms with Crippen LogP contribution >= 0.6 is 0 Å².